The lowest BCUT2D eigenvalue weighted by Crippen LogP contribution is -2.28. The molecule has 0 saturated heterocycles. The SMILES string of the molecule is Cc1ccc2c(c1)CC(C)(CO)C2=O. The lowest BCUT2D eigenvalue weighted by atomic mass is 9.87. The molecule has 14 heavy (non-hydrogen) atoms. The number of carbonyl (C=O) groups is 1. The summed E-state index contributed by atoms with van der Waals surface area (Å²) in [6.07, 6.45) is 0.666. The summed E-state index contributed by atoms with van der Waals surface area (Å²) in [6.45, 7) is 3.77. The molecule has 1 unspecified atom stereocenters. The van der Waals surface area contributed by atoms with Gasteiger partial charge in [0.15, 0.2) is 5.78 Å². The molecular weight excluding hydrogens is 176 g/mol. The summed E-state index contributed by atoms with van der Waals surface area (Å²) in [5.74, 6) is 0.0787. The van der Waals surface area contributed by atoms with E-state index in [1.165, 1.54) is 5.56 Å². The summed E-state index contributed by atoms with van der Waals surface area (Å²) < 4.78 is 0. The second-order valence-corrected chi connectivity index (χ2v) is 4.39. The van der Waals surface area contributed by atoms with Gasteiger partial charge in [0, 0.05) is 5.56 Å². The molecule has 1 N–H and O–H groups in total. The fraction of sp³-hybridized carbons (Fsp3) is 0.417. The van der Waals surface area contributed by atoms with E-state index in [4.69, 9.17) is 0 Å². The van der Waals surface area contributed by atoms with Crippen LogP contribution in [0.15, 0.2) is 18.2 Å². The fourth-order valence-electron chi connectivity index (χ4n) is 2.04. The second kappa shape index (κ2) is 2.92. The standard InChI is InChI=1S/C12H14O2/c1-8-3-4-10-9(5-8)6-12(2,7-13)11(10)14/h3-5,13H,6-7H2,1-2H3. The van der Waals surface area contributed by atoms with Gasteiger partial charge in [-0.2, -0.15) is 0 Å². The van der Waals surface area contributed by atoms with Gasteiger partial charge >= 0.3 is 0 Å². The van der Waals surface area contributed by atoms with E-state index in [0.29, 0.717) is 6.42 Å². The molecule has 1 aliphatic carbocycles. The van der Waals surface area contributed by atoms with Crippen molar-refractivity contribution < 1.29 is 9.90 Å². The Hall–Kier alpha value is -1.15. The Morgan fingerprint density at radius 1 is 1.50 bits per heavy atom. The summed E-state index contributed by atoms with van der Waals surface area (Å²) in [6, 6.07) is 5.85. The molecule has 2 heteroatoms. The van der Waals surface area contributed by atoms with Crippen molar-refractivity contribution in [1.29, 1.82) is 0 Å². The van der Waals surface area contributed by atoms with Crippen LogP contribution in [0.2, 0.25) is 0 Å². The first-order chi connectivity index (χ1) is 6.57. The number of fused-ring (bicyclic) bond motifs is 1. The van der Waals surface area contributed by atoms with Crippen molar-refractivity contribution in [3.63, 3.8) is 0 Å². The maximum Gasteiger partial charge on any atom is 0.171 e. The zero-order valence-electron chi connectivity index (χ0n) is 8.50. The van der Waals surface area contributed by atoms with Gasteiger partial charge in [-0.05, 0) is 25.8 Å². The van der Waals surface area contributed by atoms with Gasteiger partial charge in [-0.15, -0.1) is 0 Å². The van der Waals surface area contributed by atoms with Crippen LogP contribution in [0, 0.1) is 12.3 Å². The molecule has 1 aliphatic rings. The van der Waals surface area contributed by atoms with Crippen LogP contribution in [0.3, 0.4) is 0 Å². The highest BCUT2D eigenvalue weighted by Crippen LogP contribution is 2.36. The van der Waals surface area contributed by atoms with Gasteiger partial charge in [0.1, 0.15) is 0 Å². The fourth-order valence-corrected chi connectivity index (χ4v) is 2.04. The molecule has 0 aromatic heterocycles. The van der Waals surface area contributed by atoms with Crippen LogP contribution in [0.25, 0.3) is 0 Å². The van der Waals surface area contributed by atoms with Crippen LogP contribution in [-0.4, -0.2) is 17.5 Å². The predicted octanol–water partition coefficient (Wildman–Crippen LogP) is 1.73. The van der Waals surface area contributed by atoms with Crippen molar-refractivity contribution in [3.05, 3.63) is 34.9 Å². The molecule has 74 valence electrons. The number of aliphatic hydroxyl groups excluding tert-OH is 1. The van der Waals surface area contributed by atoms with E-state index >= 15 is 0 Å². The molecule has 0 spiro atoms. The highest BCUT2D eigenvalue weighted by Gasteiger charge is 2.40. The van der Waals surface area contributed by atoms with E-state index in [1.54, 1.807) is 0 Å². The number of hydrogen-bond donors (Lipinski definition) is 1. The number of benzene rings is 1. The number of carbonyl (C=O) groups excluding carboxylic acids is 1. The average Bonchev–Trinajstić information content (AvgIpc) is 2.40. The predicted molar refractivity (Wildman–Crippen MR) is 54.4 cm³/mol. The maximum absolute atomic E-state index is 11.9. The molecule has 1 atom stereocenters. The minimum Gasteiger partial charge on any atom is -0.395 e. The van der Waals surface area contributed by atoms with E-state index < -0.39 is 5.41 Å². The van der Waals surface area contributed by atoms with E-state index in [2.05, 4.69) is 0 Å². The van der Waals surface area contributed by atoms with Crippen molar-refractivity contribution in [2.45, 2.75) is 20.3 Å². The molecule has 0 radical (unpaired) electrons. The zero-order valence-corrected chi connectivity index (χ0v) is 8.50. The molecule has 2 nitrogen and oxygen atoms in total. The lowest BCUT2D eigenvalue weighted by Gasteiger charge is -2.17. The summed E-state index contributed by atoms with van der Waals surface area (Å²) in [5, 5.41) is 9.22. The first kappa shape index (κ1) is 9.41. The molecule has 1 aromatic rings. The molecule has 2 rings (SSSR count). The van der Waals surface area contributed by atoms with E-state index in [-0.39, 0.29) is 12.4 Å². The molecular formula is C12H14O2. The number of Topliss-reactive ketones (excluding diaryl/α,β-unsaturated/α-hetero) is 1. The largest absolute Gasteiger partial charge is 0.395 e. The van der Waals surface area contributed by atoms with E-state index in [9.17, 15) is 9.90 Å². The number of rotatable bonds is 1. The highest BCUT2D eigenvalue weighted by atomic mass is 16.3. The topological polar surface area (TPSA) is 37.3 Å². The monoisotopic (exact) mass is 190 g/mol. The van der Waals surface area contributed by atoms with Gasteiger partial charge in [-0.3, -0.25) is 4.79 Å². The maximum atomic E-state index is 11.9. The van der Waals surface area contributed by atoms with Crippen molar-refractivity contribution in [2.75, 3.05) is 6.61 Å². The van der Waals surface area contributed by atoms with Gasteiger partial charge < -0.3 is 5.11 Å². The van der Waals surface area contributed by atoms with Gasteiger partial charge in [0.2, 0.25) is 0 Å². The Balaban J connectivity index is 2.51. The quantitative estimate of drug-likeness (QED) is 0.732. The van der Waals surface area contributed by atoms with Crippen LogP contribution in [0.4, 0.5) is 0 Å². The molecule has 0 bridgehead atoms. The Morgan fingerprint density at radius 2 is 2.21 bits per heavy atom. The van der Waals surface area contributed by atoms with Crippen molar-refractivity contribution in [2.24, 2.45) is 5.41 Å². The Bertz CT molecular complexity index is 395. The van der Waals surface area contributed by atoms with Gasteiger partial charge in [-0.25, -0.2) is 0 Å². The van der Waals surface area contributed by atoms with Crippen LogP contribution < -0.4 is 0 Å². The Labute approximate surface area is 83.6 Å². The van der Waals surface area contributed by atoms with Gasteiger partial charge in [0.05, 0.1) is 12.0 Å². The van der Waals surface area contributed by atoms with Crippen LogP contribution >= 0.6 is 0 Å². The molecule has 0 fully saturated rings. The van der Waals surface area contributed by atoms with Crippen molar-refractivity contribution in [1.82, 2.24) is 0 Å². The number of aliphatic hydroxyl groups is 1. The molecule has 0 aliphatic heterocycles. The third-order valence-corrected chi connectivity index (χ3v) is 2.98. The minimum atomic E-state index is -0.587. The highest BCUT2D eigenvalue weighted by molar-refractivity contribution is 6.04. The van der Waals surface area contributed by atoms with Crippen molar-refractivity contribution in [3.8, 4) is 0 Å². The average molecular weight is 190 g/mol. The molecule has 0 amide bonds. The number of aryl methyl sites for hydroxylation is 1. The Kier molecular flexibility index (Phi) is 1.96. The molecule has 1 aromatic carbocycles. The lowest BCUT2D eigenvalue weighted by molar-refractivity contribution is 0.0722. The molecule has 0 heterocycles. The zero-order chi connectivity index (χ0) is 10.3. The normalized spacial score (nSPS) is 25.2. The number of hydrogen-bond acceptors (Lipinski definition) is 2. The third-order valence-electron chi connectivity index (χ3n) is 2.98. The first-order valence-electron chi connectivity index (χ1n) is 4.82. The molecule has 0 saturated carbocycles. The summed E-state index contributed by atoms with van der Waals surface area (Å²) in [5.41, 5.74) is 2.44. The van der Waals surface area contributed by atoms with Crippen molar-refractivity contribution >= 4 is 5.78 Å². The third kappa shape index (κ3) is 1.18. The minimum absolute atomic E-state index is 0.0699. The summed E-state index contributed by atoms with van der Waals surface area (Å²) >= 11 is 0. The van der Waals surface area contributed by atoms with Gasteiger partial charge in [0.25, 0.3) is 0 Å². The van der Waals surface area contributed by atoms with Crippen LogP contribution in [0.5, 0.6) is 0 Å². The van der Waals surface area contributed by atoms with E-state index in [0.717, 1.165) is 11.1 Å². The summed E-state index contributed by atoms with van der Waals surface area (Å²) in [4.78, 5) is 11.9. The number of ketones is 1. The van der Waals surface area contributed by atoms with Crippen LogP contribution in [0.1, 0.15) is 28.4 Å². The second-order valence-electron chi connectivity index (χ2n) is 4.39. The summed E-state index contributed by atoms with van der Waals surface area (Å²) in [7, 11) is 0. The van der Waals surface area contributed by atoms with E-state index in [1.807, 2.05) is 32.0 Å². The van der Waals surface area contributed by atoms with Gasteiger partial charge in [-0.1, -0.05) is 23.8 Å². The smallest absolute Gasteiger partial charge is 0.171 e. The first-order valence-corrected chi connectivity index (χ1v) is 4.82. The van der Waals surface area contributed by atoms with Crippen LogP contribution in [-0.2, 0) is 6.42 Å². The Morgan fingerprint density at radius 3 is 2.86 bits per heavy atom.